The molecule has 0 unspecified atom stereocenters. The van der Waals surface area contributed by atoms with Crippen LogP contribution in [0.1, 0.15) is 5.56 Å². The third-order valence-electron chi connectivity index (χ3n) is 1.46. The molecule has 0 spiro atoms. The van der Waals surface area contributed by atoms with Crippen molar-refractivity contribution in [2.45, 2.75) is 0 Å². The van der Waals surface area contributed by atoms with Crippen molar-refractivity contribution >= 4 is 12.2 Å². The Labute approximate surface area is 76.0 Å². The van der Waals surface area contributed by atoms with Crippen LogP contribution in [0, 0.1) is 0 Å². The van der Waals surface area contributed by atoms with Crippen molar-refractivity contribution in [1.82, 2.24) is 0 Å². The summed E-state index contributed by atoms with van der Waals surface area (Å²) in [5, 5.41) is 0. The maximum Gasteiger partial charge on any atom is 0.338 e. The summed E-state index contributed by atoms with van der Waals surface area (Å²) in [4.78, 5) is 13.7. The van der Waals surface area contributed by atoms with Gasteiger partial charge in [0.25, 0.3) is 0 Å². The number of urea groups is 1. The van der Waals surface area contributed by atoms with Crippen LogP contribution in [0.5, 0.6) is 5.75 Å². The molecule has 0 radical (unpaired) electrons. The molecule has 0 aromatic heterocycles. The highest BCUT2D eigenvalue weighted by molar-refractivity contribution is 5.90. The van der Waals surface area contributed by atoms with Gasteiger partial charge in [0.15, 0.2) is 0 Å². The molecule has 1 aromatic carbocycles. The first kappa shape index (κ1) is 9.25. The van der Waals surface area contributed by atoms with E-state index < -0.39 is 6.03 Å². The molecule has 4 nitrogen and oxygen atoms in total. The van der Waals surface area contributed by atoms with Gasteiger partial charge in [-0.25, -0.2) is 9.79 Å². The van der Waals surface area contributed by atoms with Crippen molar-refractivity contribution in [3.05, 3.63) is 29.8 Å². The summed E-state index contributed by atoms with van der Waals surface area (Å²) in [6, 6.07) is 6.43. The Morgan fingerprint density at radius 2 is 2.08 bits per heavy atom. The van der Waals surface area contributed by atoms with Crippen LogP contribution >= 0.6 is 0 Å². The van der Waals surface area contributed by atoms with Crippen LogP contribution in [0.2, 0.25) is 0 Å². The number of carbonyl (C=O) groups is 1. The second-order valence-corrected chi connectivity index (χ2v) is 2.37. The molecule has 4 heteroatoms. The molecule has 0 saturated heterocycles. The lowest BCUT2D eigenvalue weighted by atomic mass is 10.2. The van der Waals surface area contributed by atoms with E-state index in [4.69, 9.17) is 10.5 Å². The minimum absolute atomic E-state index is 0.698. The van der Waals surface area contributed by atoms with Gasteiger partial charge in [0.1, 0.15) is 5.75 Å². The lowest BCUT2D eigenvalue weighted by Gasteiger charge is -1.97. The van der Waals surface area contributed by atoms with Gasteiger partial charge in [-0.05, 0) is 29.8 Å². The van der Waals surface area contributed by atoms with Crippen LogP contribution in [-0.2, 0) is 0 Å². The Hall–Kier alpha value is -1.84. The Kier molecular flexibility index (Phi) is 3.03. The number of primary amides is 1. The van der Waals surface area contributed by atoms with Gasteiger partial charge in [-0.3, -0.25) is 0 Å². The number of carbonyl (C=O) groups excluding carboxylic acids is 1. The molecule has 0 atom stereocenters. The SMILES string of the molecule is COc1ccc(/C=N/C(N)=O)cc1. The molecule has 0 saturated carbocycles. The number of nitrogens with two attached hydrogens (primary N) is 1. The normalized spacial score (nSPS) is 10.2. The third-order valence-corrected chi connectivity index (χ3v) is 1.46. The summed E-state index contributed by atoms with van der Waals surface area (Å²) >= 11 is 0. The molecule has 68 valence electrons. The van der Waals surface area contributed by atoms with Crippen molar-refractivity contribution < 1.29 is 9.53 Å². The zero-order valence-electron chi connectivity index (χ0n) is 7.23. The molecular formula is C9H10N2O2. The van der Waals surface area contributed by atoms with Gasteiger partial charge >= 0.3 is 6.03 Å². The molecule has 0 aliphatic heterocycles. The van der Waals surface area contributed by atoms with Crippen molar-refractivity contribution in [3.8, 4) is 5.75 Å². The summed E-state index contributed by atoms with van der Waals surface area (Å²) in [7, 11) is 1.59. The Morgan fingerprint density at radius 3 is 2.54 bits per heavy atom. The van der Waals surface area contributed by atoms with Gasteiger partial charge in [0, 0.05) is 6.21 Å². The molecule has 0 heterocycles. The number of hydrogen-bond acceptors (Lipinski definition) is 2. The van der Waals surface area contributed by atoms with E-state index in [-0.39, 0.29) is 0 Å². The predicted molar refractivity (Wildman–Crippen MR) is 50.2 cm³/mol. The fourth-order valence-electron chi connectivity index (χ4n) is 0.828. The first-order valence-electron chi connectivity index (χ1n) is 3.70. The van der Waals surface area contributed by atoms with Gasteiger partial charge in [0.05, 0.1) is 7.11 Å². The van der Waals surface area contributed by atoms with E-state index in [0.717, 1.165) is 11.3 Å². The average molecular weight is 178 g/mol. The number of methoxy groups -OCH3 is 1. The number of benzene rings is 1. The number of amides is 2. The minimum Gasteiger partial charge on any atom is -0.497 e. The van der Waals surface area contributed by atoms with Gasteiger partial charge in [-0.2, -0.15) is 0 Å². The first-order chi connectivity index (χ1) is 6.22. The second kappa shape index (κ2) is 4.25. The molecule has 2 amide bonds. The van der Waals surface area contributed by atoms with E-state index in [0.29, 0.717) is 0 Å². The zero-order valence-corrected chi connectivity index (χ0v) is 7.23. The Morgan fingerprint density at radius 1 is 1.46 bits per heavy atom. The number of ether oxygens (including phenoxy) is 1. The third kappa shape index (κ3) is 2.94. The lowest BCUT2D eigenvalue weighted by Crippen LogP contribution is -2.03. The summed E-state index contributed by atoms with van der Waals surface area (Å²) < 4.78 is 4.96. The summed E-state index contributed by atoms with van der Waals surface area (Å²) in [6.45, 7) is 0. The van der Waals surface area contributed by atoms with E-state index in [1.165, 1.54) is 6.21 Å². The van der Waals surface area contributed by atoms with E-state index in [9.17, 15) is 4.79 Å². The maximum absolute atomic E-state index is 10.3. The lowest BCUT2D eigenvalue weighted by molar-refractivity contribution is 0.257. The molecule has 0 bridgehead atoms. The Bertz CT molecular complexity index is 317. The smallest absolute Gasteiger partial charge is 0.338 e. The first-order valence-corrected chi connectivity index (χ1v) is 3.70. The van der Waals surface area contributed by atoms with Crippen LogP contribution in [0.3, 0.4) is 0 Å². The average Bonchev–Trinajstić information content (AvgIpc) is 2.15. The maximum atomic E-state index is 10.3. The summed E-state index contributed by atoms with van der Waals surface area (Å²) in [5.41, 5.74) is 5.64. The minimum atomic E-state index is -0.698. The van der Waals surface area contributed by atoms with Gasteiger partial charge in [-0.1, -0.05) is 0 Å². The van der Waals surface area contributed by atoms with Crippen molar-refractivity contribution in [1.29, 1.82) is 0 Å². The second-order valence-electron chi connectivity index (χ2n) is 2.37. The van der Waals surface area contributed by atoms with Crippen LogP contribution in [0.25, 0.3) is 0 Å². The highest BCUT2D eigenvalue weighted by Crippen LogP contribution is 2.09. The Balaban J connectivity index is 2.75. The van der Waals surface area contributed by atoms with E-state index in [2.05, 4.69) is 4.99 Å². The number of aliphatic imine (C=N–C) groups is 1. The topological polar surface area (TPSA) is 64.7 Å². The quantitative estimate of drug-likeness (QED) is 0.691. The van der Waals surface area contributed by atoms with Gasteiger partial charge in [0.2, 0.25) is 0 Å². The highest BCUT2D eigenvalue weighted by atomic mass is 16.5. The predicted octanol–water partition coefficient (Wildman–Crippen LogP) is 1.19. The fraction of sp³-hybridized carbons (Fsp3) is 0.111. The molecule has 0 fully saturated rings. The molecule has 0 aliphatic carbocycles. The highest BCUT2D eigenvalue weighted by Gasteiger charge is 1.91. The van der Waals surface area contributed by atoms with Crippen molar-refractivity contribution in [3.63, 3.8) is 0 Å². The monoisotopic (exact) mass is 178 g/mol. The van der Waals surface area contributed by atoms with Gasteiger partial charge < -0.3 is 10.5 Å². The largest absolute Gasteiger partial charge is 0.497 e. The molecule has 0 aliphatic rings. The van der Waals surface area contributed by atoms with Crippen LogP contribution in [-0.4, -0.2) is 19.4 Å². The molecule has 1 rings (SSSR count). The summed E-state index contributed by atoms with van der Waals surface area (Å²) in [5.74, 6) is 0.760. The summed E-state index contributed by atoms with van der Waals surface area (Å²) in [6.07, 6.45) is 1.40. The van der Waals surface area contributed by atoms with Crippen LogP contribution < -0.4 is 10.5 Å². The zero-order chi connectivity index (χ0) is 9.68. The van der Waals surface area contributed by atoms with E-state index in [1.807, 2.05) is 0 Å². The standard InChI is InChI=1S/C9H10N2O2/c1-13-8-4-2-7(3-5-8)6-11-9(10)12/h2-6H,1H3,(H2,10,12)/b11-6+. The number of hydrogen-bond donors (Lipinski definition) is 1. The van der Waals surface area contributed by atoms with Crippen molar-refractivity contribution in [2.24, 2.45) is 10.7 Å². The fourth-order valence-corrected chi connectivity index (χ4v) is 0.828. The van der Waals surface area contributed by atoms with Crippen molar-refractivity contribution in [2.75, 3.05) is 7.11 Å². The molecule has 13 heavy (non-hydrogen) atoms. The number of rotatable bonds is 2. The van der Waals surface area contributed by atoms with Gasteiger partial charge in [-0.15, -0.1) is 0 Å². The van der Waals surface area contributed by atoms with E-state index >= 15 is 0 Å². The van der Waals surface area contributed by atoms with Crippen LogP contribution in [0.4, 0.5) is 4.79 Å². The molecular weight excluding hydrogens is 168 g/mol. The van der Waals surface area contributed by atoms with Crippen LogP contribution in [0.15, 0.2) is 29.3 Å². The number of nitrogens with zero attached hydrogens (tertiary/aromatic N) is 1. The van der Waals surface area contributed by atoms with E-state index in [1.54, 1.807) is 31.4 Å². The molecule has 1 aromatic rings. The molecule has 2 N–H and O–H groups in total.